The second-order valence-electron chi connectivity index (χ2n) is 6.51. The minimum Gasteiger partial charge on any atom is -0.494 e. The van der Waals surface area contributed by atoms with Gasteiger partial charge in [-0.2, -0.15) is 0 Å². The van der Waals surface area contributed by atoms with Crippen LogP contribution in [0.5, 0.6) is 5.75 Å². The fraction of sp³-hybridized carbons (Fsp3) is 0.647. The van der Waals surface area contributed by atoms with Gasteiger partial charge < -0.3 is 15.0 Å². The maximum Gasteiger partial charge on any atom is 0.145 e. The standard InChI is InChI=1S/C17H25FN2O/c1-13-11-19-17(8-4-3-5-9-17)12-20(13)15-7-6-14(18)10-16(15)21-2/h6-7,10,13,19H,3-5,8-9,11-12H2,1-2H3. The van der Waals surface area contributed by atoms with Crippen LogP contribution in [0.25, 0.3) is 0 Å². The van der Waals surface area contributed by atoms with E-state index in [1.165, 1.54) is 44.2 Å². The summed E-state index contributed by atoms with van der Waals surface area (Å²) in [7, 11) is 1.61. The molecule has 0 amide bonds. The molecule has 1 saturated carbocycles. The SMILES string of the molecule is COc1cc(F)ccc1N1CC2(CCCCC2)NCC1C. The Kier molecular flexibility index (Phi) is 4.07. The summed E-state index contributed by atoms with van der Waals surface area (Å²) in [6.07, 6.45) is 6.42. The Morgan fingerprint density at radius 3 is 2.76 bits per heavy atom. The van der Waals surface area contributed by atoms with Gasteiger partial charge in [0.15, 0.2) is 0 Å². The van der Waals surface area contributed by atoms with Crippen molar-refractivity contribution in [3.63, 3.8) is 0 Å². The number of nitrogens with one attached hydrogen (secondary N) is 1. The van der Waals surface area contributed by atoms with Gasteiger partial charge in [-0.25, -0.2) is 4.39 Å². The Morgan fingerprint density at radius 1 is 1.29 bits per heavy atom. The molecule has 2 aliphatic rings. The normalized spacial score (nSPS) is 25.1. The lowest BCUT2D eigenvalue weighted by atomic mass is 9.79. The average molecular weight is 292 g/mol. The van der Waals surface area contributed by atoms with Crippen molar-refractivity contribution in [3.8, 4) is 5.75 Å². The zero-order valence-corrected chi connectivity index (χ0v) is 13.0. The van der Waals surface area contributed by atoms with Crippen molar-refractivity contribution in [2.75, 3.05) is 25.1 Å². The Balaban J connectivity index is 1.88. The molecule has 1 saturated heterocycles. The van der Waals surface area contributed by atoms with Crippen molar-refractivity contribution in [3.05, 3.63) is 24.0 Å². The predicted molar refractivity (Wildman–Crippen MR) is 83.6 cm³/mol. The van der Waals surface area contributed by atoms with Gasteiger partial charge in [-0.15, -0.1) is 0 Å². The number of piperazine rings is 1. The van der Waals surface area contributed by atoms with E-state index in [2.05, 4.69) is 17.1 Å². The fourth-order valence-electron chi connectivity index (χ4n) is 3.79. The molecule has 1 aliphatic carbocycles. The molecule has 1 heterocycles. The van der Waals surface area contributed by atoms with Crippen LogP contribution in [-0.4, -0.2) is 31.8 Å². The minimum absolute atomic E-state index is 0.226. The maximum atomic E-state index is 13.4. The molecule has 1 aliphatic heterocycles. The van der Waals surface area contributed by atoms with E-state index in [9.17, 15) is 4.39 Å². The lowest BCUT2D eigenvalue weighted by molar-refractivity contribution is 0.200. The van der Waals surface area contributed by atoms with Gasteiger partial charge >= 0.3 is 0 Å². The van der Waals surface area contributed by atoms with E-state index in [0.717, 1.165) is 18.8 Å². The highest BCUT2D eigenvalue weighted by Gasteiger charge is 2.39. The summed E-state index contributed by atoms with van der Waals surface area (Å²) < 4.78 is 18.8. The largest absolute Gasteiger partial charge is 0.494 e. The van der Waals surface area contributed by atoms with E-state index in [4.69, 9.17) is 4.74 Å². The van der Waals surface area contributed by atoms with E-state index < -0.39 is 0 Å². The van der Waals surface area contributed by atoms with Crippen molar-refractivity contribution in [1.29, 1.82) is 0 Å². The van der Waals surface area contributed by atoms with Gasteiger partial charge in [-0.1, -0.05) is 19.3 Å². The zero-order valence-electron chi connectivity index (χ0n) is 13.0. The van der Waals surface area contributed by atoms with Crippen molar-refractivity contribution in [2.24, 2.45) is 0 Å². The molecule has 0 aromatic heterocycles. The Labute approximate surface area is 126 Å². The van der Waals surface area contributed by atoms with Gasteiger partial charge in [0.25, 0.3) is 0 Å². The van der Waals surface area contributed by atoms with Crippen LogP contribution in [0.4, 0.5) is 10.1 Å². The number of hydrogen-bond acceptors (Lipinski definition) is 3. The van der Waals surface area contributed by atoms with Gasteiger partial charge in [0.2, 0.25) is 0 Å². The second kappa shape index (κ2) is 5.84. The van der Waals surface area contributed by atoms with Gasteiger partial charge in [0.1, 0.15) is 11.6 Å². The molecule has 1 N–H and O–H groups in total. The first-order valence-corrected chi connectivity index (χ1v) is 7.99. The first-order valence-electron chi connectivity index (χ1n) is 7.99. The number of rotatable bonds is 2. The van der Waals surface area contributed by atoms with Crippen LogP contribution in [0.15, 0.2) is 18.2 Å². The summed E-state index contributed by atoms with van der Waals surface area (Å²) in [4.78, 5) is 2.39. The van der Waals surface area contributed by atoms with E-state index in [0.29, 0.717) is 11.8 Å². The zero-order chi connectivity index (χ0) is 14.9. The molecular weight excluding hydrogens is 267 g/mol. The third-order valence-electron chi connectivity index (χ3n) is 5.04. The van der Waals surface area contributed by atoms with Crippen LogP contribution in [0.2, 0.25) is 0 Å². The third-order valence-corrected chi connectivity index (χ3v) is 5.04. The van der Waals surface area contributed by atoms with Crippen molar-refractivity contribution in [2.45, 2.75) is 50.6 Å². The van der Waals surface area contributed by atoms with Crippen LogP contribution in [0, 0.1) is 5.82 Å². The fourth-order valence-corrected chi connectivity index (χ4v) is 3.79. The number of nitrogens with zero attached hydrogens (tertiary/aromatic N) is 1. The maximum absolute atomic E-state index is 13.4. The molecule has 0 radical (unpaired) electrons. The summed E-state index contributed by atoms with van der Waals surface area (Å²) in [6.45, 7) is 4.17. The summed E-state index contributed by atoms with van der Waals surface area (Å²) in [5.41, 5.74) is 1.24. The second-order valence-corrected chi connectivity index (χ2v) is 6.51. The van der Waals surface area contributed by atoms with Crippen LogP contribution in [0.3, 0.4) is 0 Å². The van der Waals surface area contributed by atoms with Crippen LogP contribution < -0.4 is 15.0 Å². The molecular formula is C17H25FN2O. The first kappa shape index (κ1) is 14.6. The predicted octanol–water partition coefficient (Wildman–Crippen LogP) is 3.34. The lowest BCUT2D eigenvalue weighted by Gasteiger charge is -2.50. The molecule has 1 aromatic carbocycles. The van der Waals surface area contributed by atoms with Crippen molar-refractivity contribution in [1.82, 2.24) is 5.32 Å². The molecule has 3 nitrogen and oxygen atoms in total. The van der Waals surface area contributed by atoms with Gasteiger partial charge in [-0.05, 0) is 31.9 Å². The summed E-state index contributed by atoms with van der Waals surface area (Å²) in [6, 6.07) is 5.25. The number of hydrogen-bond donors (Lipinski definition) is 1. The van der Waals surface area contributed by atoms with E-state index in [1.807, 2.05) is 6.07 Å². The molecule has 1 aromatic rings. The number of ether oxygens (including phenoxy) is 1. The highest BCUT2D eigenvalue weighted by atomic mass is 19.1. The number of methoxy groups -OCH3 is 1. The highest BCUT2D eigenvalue weighted by Crippen LogP contribution is 2.37. The quantitative estimate of drug-likeness (QED) is 0.905. The summed E-state index contributed by atoms with van der Waals surface area (Å²) in [5, 5.41) is 3.78. The molecule has 116 valence electrons. The summed E-state index contributed by atoms with van der Waals surface area (Å²) in [5.74, 6) is 0.389. The van der Waals surface area contributed by atoms with E-state index >= 15 is 0 Å². The lowest BCUT2D eigenvalue weighted by Crippen LogP contribution is -2.64. The number of anilines is 1. The van der Waals surface area contributed by atoms with Crippen molar-refractivity contribution < 1.29 is 9.13 Å². The van der Waals surface area contributed by atoms with Crippen LogP contribution in [-0.2, 0) is 0 Å². The molecule has 4 heteroatoms. The third kappa shape index (κ3) is 2.86. The smallest absolute Gasteiger partial charge is 0.145 e. The van der Waals surface area contributed by atoms with Gasteiger partial charge in [-0.3, -0.25) is 0 Å². The van der Waals surface area contributed by atoms with Crippen molar-refractivity contribution >= 4 is 5.69 Å². The molecule has 1 atom stereocenters. The minimum atomic E-state index is -0.245. The number of halogens is 1. The first-order chi connectivity index (χ1) is 10.1. The van der Waals surface area contributed by atoms with Gasteiger partial charge in [0.05, 0.1) is 12.8 Å². The molecule has 3 rings (SSSR count). The average Bonchev–Trinajstić information content (AvgIpc) is 2.51. The van der Waals surface area contributed by atoms with Gasteiger partial charge in [0, 0.05) is 30.7 Å². The van der Waals surface area contributed by atoms with Crippen LogP contribution >= 0.6 is 0 Å². The molecule has 2 fully saturated rings. The Bertz CT molecular complexity index is 500. The van der Waals surface area contributed by atoms with E-state index in [1.54, 1.807) is 7.11 Å². The van der Waals surface area contributed by atoms with E-state index in [-0.39, 0.29) is 11.4 Å². The molecule has 0 bridgehead atoms. The molecule has 1 unspecified atom stereocenters. The molecule has 21 heavy (non-hydrogen) atoms. The van der Waals surface area contributed by atoms with Crippen LogP contribution in [0.1, 0.15) is 39.0 Å². The Morgan fingerprint density at radius 2 is 2.05 bits per heavy atom. The monoisotopic (exact) mass is 292 g/mol. The number of benzene rings is 1. The summed E-state index contributed by atoms with van der Waals surface area (Å²) >= 11 is 0. The highest BCUT2D eigenvalue weighted by molar-refractivity contribution is 5.60. The molecule has 1 spiro atoms. The topological polar surface area (TPSA) is 24.5 Å². The Hall–Kier alpha value is -1.29.